The van der Waals surface area contributed by atoms with Gasteiger partial charge in [-0.3, -0.25) is 0 Å². The van der Waals surface area contributed by atoms with Crippen molar-refractivity contribution < 1.29 is 17.9 Å². The number of hydrogen-bond donors (Lipinski definition) is 1. The topological polar surface area (TPSA) is 21.3 Å². The Labute approximate surface area is 120 Å². The smallest absolute Gasteiger partial charge is 0.364 e. The summed E-state index contributed by atoms with van der Waals surface area (Å²) in [5.41, 5.74) is -0.635. The van der Waals surface area contributed by atoms with Crippen molar-refractivity contribution in [1.82, 2.24) is 5.32 Å². The first kappa shape index (κ1) is 17.8. The standard InChI is InChI=1S/C15H28F3NO/c1-4-5-13-6-8-14(9-7-13,10-19-12(2)3)20-11-15(16,17)18/h12-13,19H,4-11H2,1-3H3. The van der Waals surface area contributed by atoms with Crippen molar-refractivity contribution in [1.29, 1.82) is 0 Å². The molecule has 0 spiro atoms. The maximum absolute atomic E-state index is 12.4. The van der Waals surface area contributed by atoms with Crippen LogP contribution in [0.25, 0.3) is 0 Å². The van der Waals surface area contributed by atoms with Gasteiger partial charge in [0.15, 0.2) is 0 Å². The zero-order chi connectivity index (χ0) is 15.2. The van der Waals surface area contributed by atoms with Gasteiger partial charge in [-0.15, -0.1) is 0 Å². The van der Waals surface area contributed by atoms with Gasteiger partial charge in [-0.05, 0) is 31.6 Å². The molecule has 0 amide bonds. The van der Waals surface area contributed by atoms with Crippen molar-refractivity contribution in [2.24, 2.45) is 5.92 Å². The summed E-state index contributed by atoms with van der Waals surface area (Å²) in [5, 5.41) is 3.25. The fourth-order valence-corrected chi connectivity index (χ4v) is 2.90. The van der Waals surface area contributed by atoms with Crippen LogP contribution in [0, 0.1) is 5.92 Å². The monoisotopic (exact) mass is 295 g/mol. The minimum absolute atomic E-state index is 0.259. The molecule has 0 atom stereocenters. The Balaban J connectivity index is 2.57. The molecule has 0 heterocycles. The summed E-state index contributed by atoms with van der Waals surface area (Å²) in [4.78, 5) is 0. The molecule has 0 aromatic carbocycles. The van der Waals surface area contributed by atoms with Crippen molar-refractivity contribution >= 4 is 0 Å². The van der Waals surface area contributed by atoms with Crippen molar-refractivity contribution in [3.05, 3.63) is 0 Å². The Morgan fingerprint density at radius 2 is 1.85 bits per heavy atom. The Morgan fingerprint density at radius 1 is 1.25 bits per heavy atom. The SMILES string of the molecule is CCCC1CCC(CNC(C)C)(OCC(F)(F)F)CC1. The number of nitrogens with one attached hydrogen (secondary N) is 1. The van der Waals surface area contributed by atoms with Crippen molar-refractivity contribution in [3.63, 3.8) is 0 Å². The Bertz CT molecular complexity index is 271. The van der Waals surface area contributed by atoms with Crippen LogP contribution in [-0.2, 0) is 4.74 Å². The Hall–Kier alpha value is -0.290. The largest absolute Gasteiger partial charge is 0.411 e. The molecule has 1 aliphatic rings. The van der Waals surface area contributed by atoms with Crippen LogP contribution in [0.4, 0.5) is 13.2 Å². The lowest BCUT2D eigenvalue weighted by atomic mass is 9.77. The lowest BCUT2D eigenvalue weighted by Crippen LogP contribution is -2.49. The second-order valence-corrected chi connectivity index (χ2v) is 6.35. The highest BCUT2D eigenvalue weighted by Crippen LogP contribution is 2.37. The molecule has 0 aromatic heterocycles. The van der Waals surface area contributed by atoms with Crippen molar-refractivity contribution in [2.45, 2.75) is 77.1 Å². The summed E-state index contributed by atoms with van der Waals surface area (Å²) in [7, 11) is 0. The van der Waals surface area contributed by atoms with Crippen LogP contribution >= 0.6 is 0 Å². The molecule has 0 aliphatic heterocycles. The predicted molar refractivity (Wildman–Crippen MR) is 74.7 cm³/mol. The second-order valence-electron chi connectivity index (χ2n) is 6.35. The van der Waals surface area contributed by atoms with Crippen LogP contribution in [0.3, 0.4) is 0 Å². The fourth-order valence-electron chi connectivity index (χ4n) is 2.90. The van der Waals surface area contributed by atoms with Gasteiger partial charge in [0.2, 0.25) is 0 Å². The zero-order valence-corrected chi connectivity index (χ0v) is 12.9. The summed E-state index contributed by atoms with van der Waals surface area (Å²) in [5.74, 6) is 0.654. The highest BCUT2D eigenvalue weighted by atomic mass is 19.4. The van der Waals surface area contributed by atoms with Crippen LogP contribution in [0.1, 0.15) is 59.3 Å². The fraction of sp³-hybridized carbons (Fsp3) is 1.00. The van der Waals surface area contributed by atoms with E-state index in [4.69, 9.17) is 4.74 Å². The zero-order valence-electron chi connectivity index (χ0n) is 12.9. The maximum Gasteiger partial charge on any atom is 0.411 e. The third kappa shape index (κ3) is 6.44. The van der Waals surface area contributed by atoms with E-state index in [2.05, 4.69) is 12.2 Å². The molecular formula is C15H28F3NO. The van der Waals surface area contributed by atoms with E-state index in [1.807, 2.05) is 13.8 Å². The van der Waals surface area contributed by atoms with E-state index in [-0.39, 0.29) is 6.04 Å². The quantitative estimate of drug-likeness (QED) is 0.756. The number of ether oxygens (including phenoxy) is 1. The third-order valence-electron chi connectivity index (χ3n) is 4.09. The molecule has 0 unspecified atom stereocenters. The molecule has 120 valence electrons. The molecule has 0 bridgehead atoms. The van der Waals surface area contributed by atoms with E-state index >= 15 is 0 Å². The van der Waals surface area contributed by atoms with Crippen LogP contribution < -0.4 is 5.32 Å². The van der Waals surface area contributed by atoms with E-state index in [1.165, 1.54) is 6.42 Å². The van der Waals surface area contributed by atoms with Crippen LogP contribution in [0.15, 0.2) is 0 Å². The molecule has 0 saturated heterocycles. The number of alkyl halides is 3. The molecule has 2 nitrogen and oxygen atoms in total. The van der Waals surface area contributed by atoms with E-state index in [0.29, 0.717) is 12.5 Å². The summed E-state index contributed by atoms with van der Waals surface area (Å²) < 4.78 is 42.6. The first-order valence-electron chi connectivity index (χ1n) is 7.70. The van der Waals surface area contributed by atoms with Gasteiger partial charge >= 0.3 is 6.18 Å². The van der Waals surface area contributed by atoms with E-state index < -0.39 is 18.4 Å². The highest BCUT2D eigenvalue weighted by Gasteiger charge is 2.39. The predicted octanol–water partition coefficient (Wildman–Crippen LogP) is 4.29. The van der Waals surface area contributed by atoms with E-state index in [9.17, 15) is 13.2 Å². The first-order valence-corrected chi connectivity index (χ1v) is 7.70. The number of halogens is 3. The van der Waals surface area contributed by atoms with Gasteiger partial charge in [-0.25, -0.2) is 0 Å². The maximum atomic E-state index is 12.4. The Kier molecular flexibility index (Phi) is 6.79. The second kappa shape index (κ2) is 7.64. The minimum atomic E-state index is -4.24. The average Bonchev–Trinajstić information content (AvgIpc) is 2.36. The molecule has 1 aliphatic carbocycles. The van der Waals surface area contributed by atoms with Gasteiger partial charge in [-0.1, -0.05) is 33.6 Å². The van der Waals surface area contributed by atoms with Crippen molar-refractivity contribution in [3.8, 4) is 0 Å². The van der Waals surface area contributed by atoms with Gasteiger partial charge in [0.1, 0.15) is 6.61 Å². The number of hydrogen-bond acceptors (Lipinski definition) is 2. The van der Waals surface area contributed by atoms with Crippen LogP contribution in [0.2, 0.25) is 0 Å². The summed E-state index contributed by atoms with van der Waals surface area (Å²) in [6.45, 7) is 5.54. The summed E-state index contributed by atoms with van der Waals surface area (Å²) in [6.07, 6.45) is 1.49. The van der Waals surface area contributed by atoms with E-state index in [0.717, 1.165) is 32.1 Å². The summed E-state index contributed by atoms with van der Waals surface area (Å²) in [6, 6.07) is 0.259. The lowest BCUT2D eigenvalue weighted by molar-refractivity contribution is -0.211. The molecule has 1 fully saturated rings. The van der Waals surface area contributed by atoms with Gasteiger partial charge < -0.3 is 10.1 Å². The van der Waals surface area contributed by atoms with E-state index in [1.54, 1.807) is 0 Å². The molecule has 0 aromatic rings. The van der Waals surface area contributed by atoms with Crippen molar-refractivity contribution in [2.75, 3.05) is 13.2 Å². The van der Waals surface area contributed by atoms with Crippen LogP contribution in [-0.4, -0.2) is 31.0 Å². The average molecular weight is 295 g/mol. The number of rotatable bonds is 7. The first-order chi connectivity index (χ1) is 9.26. The normalized spacial score (nSPS) is 28.1. The Morgan fingerprint density at radius 3 is 2.30 bits per heavy atom. The molecule has 1 N–H and O–H groups in total. The molecule has 5 heteroatoms. The van der Waals surface area contributed by atoms with Crippen LogP contribution in [0.5, 0.6) is 0 Å². The van der Waals surface area contributed by atoms with Gasteiger partial charge in [0.25, 0.3) is 0 Å². The third-order valence-corrected chi connectivity index (χ3v) is 4.09. The molecule has 20 heavy (non-hydrogen) atoms. The summed E-state index contributed by atoms with van der Waals surface area (Å²) >= 11 is 0. The minimum Gasteiger partial charge on any atom is -0.364 e. The van der Waals surface area contributed by atoms with Gasteiger partial charge in [0, 0.05) is 12.6 Å². The molecular weight excluding hydrogens is 267 g/mol. The van der Waals surface area contributed by atoms with Gasteiger partial charge in [0.05, 0.1) is 5.60 Å². The van der Waals surface area contributed by atoms with Gasteiger partial charge in [-0.2, -0.15) is 13.2 Å². The lowest BCUT2D eigenvalue weighted by Gasteiger charge is -2.41. The molecule has 1 rings (SSSR count). The molecule has 1 saturated carbocycles. The molecule has 0 radical (unpaired) electrons. The highest BCUT2D eigenvalue weighted by molar-refractivity contribution is 4.90.